The number of nitrogens with zero attached hydrogens (tertiary/aromatic N) is 1. The van der Waals surface area contributed by atoms with Gasteiger partial charge in [-0.25, -0.2) is 0 Å². The number of aliphatic carboxylic acids is 1. The Morgan fingerprint density at radius 1 is 1.44 bits per heavy atom. The molecule has 1 aromatic rings. The fourth-order valence-electron chi connectivity index (χ4n) is 1.55. The summed E-state index contributed by atoms with van der Waals surface area (Å²) in [4.78, 5) is 38.3. The lowest BCUT2D eigenvalue weighted by molar-refractivity contribution is -0.137. The molecule has 1 rings (SSSR count). The number of hydrogen-bond acceptors (Lipinski definition) is 3. The summed E-state index contributed by atoms with van der Waals surface area (Å²) in [5.74, 6) is -1.43. The molecule has 0 bridgehead atoms. The van der Waals surface area contributed by atoms with Gasteiger partial charge in [-0.3, -0.25) is 14.4 Å². The van der Waals surface area contributed by atoms with Crippen LogP contribution in [0, 0.1) is 0 Å². The van der Waals surface area contributed by atoms with Crippen molar-refractivity contribution < 1.29 is 14.7 Å². The van der Waals surface area contributed by atoms with E-state index < -0.39 is 11.9 Å². The Bertz CT molecular complexity index is 493. The highest BCUT2D eigenvalue weighted by atomic mass is 16.4. The van der Waals surface area contributed by atoms with Crippen molar-refractivity contribution in [2.75, 3.05) is 6.54 Å². The third-order valence-corrected chi connectivity index (χ3v) is 2.51. The number of carbonyl (C=O) groups excluding carboxylic acids is 1. The third-order valence-electron chi connectivity index (χ3n) is 2.51. The molecule has 18 heavy (non-hydrogen) atoms. The summed E-state index contributed by atoms with van der Waals surface area (Å²) in [6, 6.07) is 1.10. The van der Waals surface area contributed by atoms with Gasteiger partial charge in [-0.05, 0) is 13.8 Å². The van der Waals surface area contributed by atoms with E-state index in [9.17, 15) is 14.4 Å². The number of carbonyl (C=O) groups is 2. The molecule has 6 nitrogen and oxygen atoms in total. The van der Waals surface area contributed by atoms with E-state index in [4.69, 9.17) is 5.11 Å². The number of rotatable bonds is 5. The number of carboxylic acids is 1. The third kappa shape index (κ3) is 3.44. The molecule has 98 valence electrons. The monoisotopic (exact) mass is 252 g/mol. The Balaban J connectivity index is 2.93. The molecule has 0 fully saturated rings. The van der Waals surface area contributed by atoms with Crippen LogP contribution in [0.3, 0.4) is 0 Å². The van der Waals surface area contributed by atoms with Gasteiger partial charge in [0.25, 0.3) is 5.91 Å². The van der Waals surface area contributed by atoms with E-state index in [2.05, 4.69) is 4.98 Å². The first-order valence-electron chi connectivity index (χ1n) is 5.63. The maximum atomic E-state index is 12.1. The van der Waals surface area contributed by atoms with Gasteiger partial charge in [0.2, 0.25) is 0 Å². The van der Waals surface area contributed by atoms with Gasteiger partial charge in [0.1, 0.15) is 5.56 Å². The first-order chi connectivity index (χ1) is 8.43. The average molecular weight is 252 g/mol. The van der Waals surface area contributed by atoms with E-state index in [-0.39, 0.29) is 30.0 Å². The van der Waals surface area contributed by atoms with Crippen LogP contribution in [-0.2, 0) is 4.79 Å². The molecular weight excluding hydrogens is 236 g/mol. The molecule has 2 N–H and O–H groups in total. The number of aromatic amines is 1. The maximum Gasteiger partial charge on any atom is 0.305 e. The highest BCUT2D eigenvalue weighted by Crippen LogP contribution is 2.05. The molecule has 0 aliphatic heterocycles. The van der Waals surface area contributed by atoms with Crippen LogP contribution in [0.1, 0.15) is 30.6 Å². The van der Waals surface area contributed by atoms with E-state index in [1.54, 1.807) is 13.8 Å². The zero-order valence-corrected chi connectivity index (χ0v) is 10.3. The van der Waals surface area contributed by atoms with Crippen LogP contribution in [0.4, 0.5) is 0 Å². The minimum atomic E-state index is -0.976. The van der Waals surface area contributed by atoms with Gasteiger partial charge in [0.15, 0.2) is 5.43 Å². The Hall–Kier alpha value is -2.11. The Kier molecular flexibility index (Phi) is 4.65. The Morgan fingerprint density at radius 3 is 2.61 bits per heavy atom. The summed E-state index contributed by atoms with van der Waals surface area (Å²) in [6.45, 7) is 3.63. The van der Waals surface area contributed by atoms with Crippen LogP contribution in [0.5, 0.6) is 0 Å². The second kappa shape index (κ2) is 6.00. The topological polar surface area (TPSA) is 90.5 Å². The standard InChI is InChI=1S/C12H16N2O4/c1-8(2)14(6-4-11(16)17)12(18)9-7-13-5-3-10(9)15/h3,5,7-8H,4,6H2,1-2H3,(H,13,15)(H,16,17). The summed E-state index contributed by atoms with van der Waals surface area (Å²) >= 11 is 0. The number of hydrogen-bond donors (Lipinski definition) is 2. The zero-order chi connectivity index (χ0) is 13.7. The fourth-order valence-corrected chi connectivity index (χ4v) is 1.55. The predicted octanol–water partition coefficient (Wildman–Crippen LogP) is 0.700. The maximum absolute atomic E-state index is 12.1. The molecular formula is C12H16N2O4. The smallest absolute Gasteiger partial charge is 0.305 e. The molecule has 6 heteroatoms. The van der Waals surface area contributed by atoms with Crippen molar-refractivity contribution in [3.8, 4) is 0 Å². The van der Waals surface area contributed by atoms with Crippen LogP contribution in [0.25, 0.3) is 0 Å². The number of nitrogens with one attached hydrogen (secondary N) is 1. The highest BCUT2D eigenvalue weighted by molar-refractivity contribution is 5.94. The number of amides is 1. The largest absolute Gasteiger partial charge is 0.481 e. The minimum Gasteiger partial charge on any atom is -0.481 e. The summed E-state index contributed by atoms with van der Waals surface area (Å²) in [5.41, 5.74) is -0.351. The van der Waals surface area contributed by atoms with Crippen LogP contribution < -0.4 is 5.43 Å². The molecule has 0 saturated carbocycles. The van der Waals surface area contributed by atoms with Gasteiger partial charge >= 0.3 is 5.97 Å². The zero-order valence-electron chi connectivity index (χ0n) is 10.3. The van der Waals surface area contributed by atoms with Crippen LogP contribution in [0.15, 0.2) is 23.3 Å². The van der Waals surface area contributed by atoms with Gasteiger partial charge in [-0.2, -0.15) is 0 Å². The lowest BCUT2D eigenvalue weighted by Crippen LogP contribution is -2.40. The lowest BCUT2D eigenvalue weighted by atomic mass is 10.2. The molecule has 1 heterocycles. The molecule has 0 radical (unpaired) electrons. The molecule has 0 saturated heterocycles. The normalized spacial score (nSPS) is 10.4. The molecule has 0 aliphatic carbocycles. The molecule has 1 amide bonds. The van der Waals surface area contributed by atoms with Gasteiger partial charge in [-0.1, -0.05) is 0 Å². The molecule has 1 aromatic heterocycles. The SMILES string of the molecule is CC(C)N(CCC(=O)O)C(=O)c1c[nH]ccc1=O. The summed E-state index contributed by atoms with van der Waals surface area (Å²) in [7, 11) is 0. The van der Waals surface area contributed by atoms with E-state index in [0.29, 0.717) is 0 Å². The van der Waals surface area contributed by atoms with Crippen molar-refractivity contribution in [1.29, 1.82) is 0 Å². The summed E-state index contributed by atoms with van der Waals surface area (Å²) < 4.78 is 0. The second-order valence-corrected chi connectivity index (χ2v) is 4.16. The van der Waals surface area contributed by atoms with E-state index in [1.165, 1.54) is 23.4 Å². The highest BCUT2D eigenvalue weighted by Gasteiger charge is 2.21. The van der Waals surface area contributed by atoms with Gasteiger partial charge < -0.3 is 15.0 Å². The molecule has 0 atom stereocenters. The molecule has 0 spiro atoms. The first-order valence-corrected chi connectivity index (χ1v) is 5.63. The average Bonchev–Trinajstić information content (AvgIpc) is 2.28. The molecule has 0 aromatic carbocycles. The van der Waals surface area contributed by atoms with E-state index >= 15 is 0 Å². The number of carboxylic acid groups (broad SMARTS) is 1. The van der Waals surface area contributed by atoms with E-state index in [0.717, 1.165) is 0 Å². The van der Waals surface area contributed by atoms with Crippen molar-refractivity contribution >= 4 is 11.9 Å². The predicted molar refractivity (Wildman–Crippen MR) is 65.5 cm³/mol. The molecule has 0 aliphatic rings. The Morgan fingerprint density at radius 2 is 2.11 bits per heavy atom. The van der Waals surface area contributed by atoms with Crippen LogP contribution >= 0.6 is 0 Å². The van der Waals surface area contributed by atoms with Crippen molar-refractivity contribution in [1.82, 2.24) is 9.88 Å². The summed E-state index contributed by atoms with van der Waals surface area (Å²) in [5, 5.41) is 8.65. The van der Waals surface area contributed by atoms with Crippen molar-refractivity contribution in [3.05, 3.63) is 34.2 Å². The lowest BCUT2D eigenvalue weighted by Gasteiger charge is -2.25. The fraction of sp³-hybridized carbons (Fsp3) is 0.417. The molecule has 0 unspecified atom stereocenters. The van der Waals surface area contributed by atoms with E-state index in [1.807, 2.05) is 0 Å². The minimum absolute atomic E-state index is 0.0246. The quantitative estimate of drug-likeness (QED) is 0.807. The summed E-state index contributed by atoms with van der Waals surface area (Å²) in [6.07, 6.45) is 2.63. The van der Waals surface area contributed by atoms with Crippen molar-refractivity contribution in [2.45, 2.75) is 26.3 Å². The van der Waals surface area contributed by atoms with Gasteiger partial charge in [0, 0.05) is 31.0 Å². The number of H-pyrrole nitrogens is 1. The second-order valence-electron chi connectivity index (χ2n) is 4.16. The van der Waals surface area contributed by atoms with Crippen LogP contribution in [0.2, 0.25) is 0 Å². The Labute approximate surface area is 104 Å². The number of aromatic nitrogens is 1. The van der Waals surface area contributed by atoms with Crippen molar-refractivity contribution in [2.24, 2.45) is 0 Å². The van der Waals surface area contributed by atoms with Crippen LogP contribution in [-0.4, -0.2) is 39.5 Å². The van der Waals surface area contributed by atoms with Crippen molar-refractivity contribution in [3.63, 3.8) is 0 Å². The van der Waals surface area contributed by atoms with Gasteiger partial charge in [-0.15, -0.1) is 0 Å². The first kappa shape index (κ1) is 14.0. The number of pyridine rings is 1. The van der Waals surface area contributed by atoms with Gasteiger partial charge in [0.05, 0.1) is 6.42 Å².